The van der Waals surface area contributed by atoms with Crippen molar-refractivity contribution in [3.8, 4) is 0 Å². The molecule has 0 aliphatic heterocycles. The summed E-state index contributed by atoms with van der Waals surface area (Å²) in [7, 11) is 0. The van der Waals surface area contributed by atoms with Gasteiger partial charge in [-0.05, 0) is 44.5 Å². The van der Waals surface area contributed by atoms with Gasteiger partial charge in [-0.2, -0.15) is 0 Å². The molecule has 2 aromatic heterocycles. The number of hydrogen-bond acceptors (Lipinski definition) is 6. The van der Waals surface area contributed by atoms with Crippen LogP contribution in [0.5, 0.6) is 0 Å². The van der Waals surface area contributed by atoms with Gasteiger partial charge in [0.1, 0.15) is 4.83 Å². The largest absolute Gasteiger partial charge is 0.452 e. The molecule has 0 fully saturated rings. The van der Waals surface area contributed by atoms with E-state index in [4.69, 9.17) is 16.3 Å². The van der Waals surface area contributed by atoms with Crippen LogP contribution in [0.2, 0.25) is 5.02 Å². The number of nitrogens with zero attached hydrogens (tertiary/aromatic N) is 2. The van der Waals surface area contributed by atoms with Gasteiger partial charge in [0, 0.05) is 22.1 Å². The number of carbonyl (C=O) groups is 2. The number of hydrogen-bond donors (Lipinski definition) is 1. The van der Waals surface area contributed by atoms with Crippen LogP contribution in [0.25, 0.3) is 10.2 Å². The Hall–Kier alpha value is -2.71. The summed E-state index contributed by atoms with van der Waals surface area (Å²) in [4.78, 5) is 43.0. The van der Waals surface area contributed by atoms with E-state index in [1.165, 1.54) is 29.2 Å². The Morgan fingerprint density at radius 2 is 2.10 bits per heavy atom. The van der Waals surface area contributed by atoms with Crippen LogP contribution in [0.15, 0.2) is 35.4 Å². The van der Waals surface area contributed by atoms with Crippen LogP contribution in [0.4, 0.5) is 5.69 Å². The maximum atomic E-state index is 12.6. The third-order valence-electron chi connectivity index (χ3n) is 4.48. The minimum atomic E-state index is -0.986. The van der Waals surface area contributed by atoms with Gasteiger partial charge < -0.3 is 10.1 Å². The first-order chi connectivity index (χ1) is 13.8. The van der Waals surface area contributed by atoms with E-state index in [2.05, 4.69) is 10.3 Å². The van der Waals surface area contributed by atoms with E-state index in [9.17, 15) is 14.4 Å². The molecule has 1 aromatic carbocycles. The highest BCUT2D eigenvalue weighted by Gasteiger charge is 2.19. The summed E-state index contributed by atoms with van der Waals surface area (Å²) in [5, 5.41) is 3.70. The average molecular weight is 434 g/mol. The number of esters is 1. The maximum Gasteiger partial charge on any atom is 0.308 e. The van der Waals surface area contributed by atoms with E-state index in [1.807, 2.05) is 13.8 Å². The molecule has 1 unspecified atom stereocenters. The lowest BCUT2D eigenvalue weighted by atomic mass is 10.2. The van der Waals surface area contributed by atoms with Gasteiger partial charge in [0.15, 0.2) is 6.10 Å². The van der Waals surface area contributed by atoms with Crippen molar-refractivity contribution < 1.29 is 14.3 Å². The van der Waals surface area contributed by atoms with E-state index in [1.54, 1.807) is 24.3 Å². The van der Waals surface area contributed by atoms with Crippen LogP contribution < -0.4 is 10.9 Å². The van der Waals surface area contributed by atoms with Crippen molar-refractivity contribution in [1.82, 2.24) is 9.55 Å². The Balaban J connectivity index is 1.59. The van der Waals surface area contributed by atoms with Crippen molar-refractivity contribution in [2.24, 2.45) is 0 Å². The summed E-state index contributed by atoms with van der Waals surface area (Å²) in [5.74, 6) is -1.05. The molecule has 1 amide bonds. The number of aromatic nitrogens is 2. The smallest absolute Gasteiger partial charge is 0.308 e. The Kier molecular flexibility index (Phi) is 6.34. The number of nitrogens with one attached hydrogen (secondary N) is 1. The average Bonchev–Trinajstić information content (AvgIpc) is 2.96. The zero-order valence-corrected chi connectivity index (χ0v) is 17.8. The third-order valence-corrected chi connectivity index (χ3v) is 5.83. The Morgan fingerprint density at radius 3 is 2.83 bits per heavy atom. The van der Waals surface area contributed by atoms with Crippen LogP contribution in [0.3, 0.4) is 0 Å². The molecule has 0 bridgehead atoms. The predicted molar refractivity (Wildman–Crippen MR) is 114 cm³/mol. The summed E-state index contributed by atoms with van der Waals surface area (Å²) in [6.45, 7) is 5.43. The molecular formula is C20H20ClN3O4S. The highest BCUT2D eigenvalue weighted by Crippen LogP contribution is 2.25. The molecule has 0 saturated heterocycles. The van der Waals surface area contributed by atoms with Gasteiger partial charge in [-0.1, -0.05) is 17.7 Å². The number of fused-ring (bicyclic) bond motifs is 1. The van der Waals surface area contributed by atoms with Crippen LogP contribution in [-0.2, 0) is 20.9 Å². The van der Waals surface area contributed by atoms with Crippen molar-refractivity contribution in [1.29, 1.82) is 0 Å². The molecule has 0 radical (unpaired) electrons. The predicted octanol–water partition coefficient (Wildman–Crippen LogP) is 3.69. The highest BCUT2D eigenvalue weighted by atomic mass is 35.5. The zero-order chi connectivity index (χ0) is 21.1. The van der Waals surface area contributed by atoms with Gasteiger partial charge in [-0.3, -0.25) is 19.0 Å². The number of thiophene rings is 1. The SMILES string of the molecule is Cc1sc2ncn(CCC(=O)OC(C)C(=O)Nc3cccc(Cl)c3)c(=O)c2c1C. The number of carbonyl (C=O) groups excluding carboxylic acids is 2. The Labute approximate surface area is 176 Å². The number of aryl methyl sites for hydroxylation is 3. The maximum absolute atomic E-state index is 12.6. The molecule has 29 heavy (non-hydrogen) atoms. The van der Waals surface area contributed by atoms with Gasteiger partial charge in [-0.25, -0.2) is 4.98 Å². The van der Waals surface area contributed by atoms with Gasteiger partial charge in [0.2, 0.25) is 0 Å². The number of halogens is 1. The molecule has 1 N–H and O–H groups in total. The molecule has 0 saturated carbocycles. The first-order valence-corrected chi connectivity index (χ1v) is 10.2. The number of benzene rings is 1. The van der Waals surface area contributed by atoms with Crippen molar-refractivity contribution in [3.63, 3.8) is 0 Å². The number of amides is 1. The van der Waals surface area contributed by atoms with E-state index < -0.39 is 18.0 Å². The molecule has 9 heteroatoms. The quantitative estimate of drug-likeness (QED) is 0.599. The van der Waals surface area contributed by atoms with Crippen LogP contribution in [0.1, 0.15) is 23.8 Å². The number of ether oxygens (including phenoxy) is 1. The van der Waals surface area contributed by atoms with Crippen molar-refractivity contribution in [3.05, 3.63) is 56.4 Å². The van der Waals surface area contributed by atoms with Gasteiger partial charge in [0.05, 0.1) is 18.1 Å². The molecule has 3 rings (SSSR count). The van der Waals surface area contributed by atoms with E-state index in [0.29, 0.717) is 20.9 Å². The Bertz CT molecular complexity index is 1140. The summed E-state index contributed by atoms with van der Waals surface area (Å²) in [6.07, 6.45) is 0.396. The summed E-state index contributed by atoms with van der Waals surface area (Å²) < 4.78 is 6.56. The molecule has 7 nitrogen and oxygen atoms in total. The molecule has 3 aromatic rings. The molecule has 0 aliphatic rings. The number of rotatable bonds is 6. The van der Waals surface area contributed by atoms with Gasteiger partial charge in [-0.15, -0.1) is 11.3 Å². The topological polar surface area (TPSA) is 90.3 Å². The first-order valence-electron chi connectivity index (χ1n) is 8.97. The lowest BCUT2D eigenvalue weighted by molar-refractivity contribution is -0.153. The monoisotopic (exact) mass is 433 g/mol. The standard InChI is InChI=1S/C20H20ClN3O4S/c1-11-13(3)29-19-17(11)20(27)24(10-22-19)8-7-16(25)28-12(2)18(26)23-15-6-4-5-14(21)9-15/h4-6,9-10,12H,7-8H2,1-3H3,(H,23,26). The van der Waals surface area contributed by atoms with E-state index >= 15 is 0 Å². The summed E-state index contributed by atoms with van der Waals surface area (Å²) in [5.41, 5.74) is 1.24. The molecule has 152 valence electrons. The van der Waals surface area contributed by atoms with Crippen molar-refractivity contribution in [2.45, 2.75) is 39.8 Å². The fraction of sp³-hybridized carbons (Fsp3) is 0.300. The van der Waals surface area contributed by atoms with Crippen LogP contribution in [0, 0.1) is 13.8 Å². The zero-order valence-electron chi connectivity index (χ0n) is 16.2. The lowest BCUT2D eigenvalue weighted by Gasteiger charge is -2.14. The van der Waals surface area contributed by atoms with Crippen molar-refractivity contribution >= 4 is 50.7 Å². The number of anilines is 1. The fourth-order valence-corrected chi connectivity index (χ4v) is 3.94. The van der Waals surface area contributed by atoms with Crippen LogP contribution in [-0.4, -0.2) is 27.5 Å². The third kappa shape index (κ3) is 4.83. The normalized spacial score (nSPS) is 12.0. The molecule has 0 aliphatic carbocycles. The molecule has 2 heterocycles. The second-order valence-corrected chi connectivity index (χ2v) is 8.23. The van der Waals surface area contributed by atoms with E-state index in [-0.39, 0.29) is 18.5 Å². The minimum Gasteiger partial charge on any atom is -0.452 e. The highest BCUT2D eigenvalue weighted by molar-refractivity contribution is 7.18. The van der Waals surface area contributed by atoms with Gasteiger partial charge >= 0.3 is 5.97 Å². The van der Waals surface area contributed by atoms with Gasteiger partial charge in [0.25, 0.3) is 11.5 Å². The molecular weight excluding hydrogens is 414 g/mol. The minimum absolute atomic E-state index is 0.0515. The first kappa shape index (κ1) is 21.0. The molecule has 1 atom stereocenters. The van der Waals surface area contributed by atoms with Crippen molar-refractivity contribution in [2.75, 3.05) is 5.32 Å². The lowest BCUT2D eigenvalue weighted by Crippen LogP contribution is -2.30. The summed E-state index contributed by atoms with van der Waals surface area (Å²) >= 11 is 7.35. The van der Waals surface area contributed by atoms with Crippen LogP contribution >= 0.6 is 22.9 Å². The Morgan fingerprint density at radius 1 is 1.34 bits per heavy atom. The fourth-order valence-electron chi connectivity index (χ4n) is 2.76. The van der Waals surface area contributed by atoms with E-state index in [0.717, 1.165) is 10.4 Å². The second-order valence-electron chi connectivity index (χ2n) is 6.59. The second kappa shape index (κ2) is 8.75. The molecule has 0 spiro atoms. The summed E-state index contributed by atoms with van der Waals surface area (Å²) in [6, 6.07) is 6.67.